The first-order chi connectivity index (χ1) is 11.8. The number of hydrogen-bond donors (Lipinski definition) is 1. The number of benzene rings is 1. The van der Waals surface area contributed by atoms with Crippen LogP contribution in [0.5, 0.6) is 0 Å². The van der Waals surface area contributed by atoms with Crippen molar-refractivity contribution in [3.05, 3.63) is 42.5 Å². The molecule has 1 aliphatic rings. The van der Waals surface area contributed by atoms with E-state index in [1.54, 1.807) is 29.2 Å². The van der Waals surface area contributed by atoms with Crippen molar-refractivity contribution in [2.24, 2.45) is 0 Å². The maximum Gasteiger partial charge on any atom is 0.243 e. The van der Waals surface area contributed by atoms with E-state index in [4.69, 9.17) is 0 Å². The van der Waals surface area contributed by atoms with Gasteiger partial charge in [0.2, 0.25) is 11.8 Å². The summed E-state index contributed by atoms with van der Waals surface area (Å²) in [5.41, 5.74) is 1.02. The lowest BCUT2D eigenvalue weighted by molar-refractivity contribution is -0.132. The zero-order chi connectivity index (χ0) is 18.4. The molecule has 6 nitrogen and oxygen atoms in total. The Labute approximate surface area is 148 Å². The van der Waals surface area contributed by atoms with Crippen LogP contribution < -0.4 is 5.32 Å². The molecule has 1 aromatic rings. The molecule has 0 bridgehead atoms. The van der Waals surface area contributed by atoms with Crippen LogP contribution in [0.2, 0.25) is 0 Å². The molecule has 0 atom stereocenters. The molecular weight excluding hydrogens is 340 g/mol. The Hall–Kier alpha value is -2.15. The van der Waals surface area contributed by atoms with E-state index in [0.717, 1.165) is 11.6 Å². The monoisotopic (exact) mass is 364 g/mol. The van der Waals surface area contributed by atoms with E-state index in [-0.39, 0.29) is 24.8 Å². The highest BCUT2D eigenvalue weighted by molar-refractivity contribution is 7.92. The second-order valence-corrected chi connectivity index (χ2v) is 8.41. The van der Waals surface area contributed by atoms with Gasteiger partial charge in [0.25, 0.3) is 0 Å². The highest BCUT2D eigenvalue weighted by atomic mass is 32.2. The van der Waals surface area contributed by atoms with E-state index in [9.17, 15) is 18.0 Å². The van der Waals surface area contributed by atoms with Gasteiger partial charge in [-0.25, -0.2) is 8.42 Å². The van der Waals surface area contributed by atoms with Gasteiger partial charge in [0, 0.05) is 26.1 Å². The average Bonchev–Trinajstić information content (AvgIpc) is 2.62. The zero-order valence-electron chi connectivity index (χ0n) is 14.4. The van der Waals surface area contributed by atoms with Crippen LogP contribution in [0.4, 0.5) is 0 Å². The molecule has 0 spiro atoms. The molecule has 1 aliphatic heterocycles. The maximum absolute atomic E-state index is 12.7. The third-order valence-corrected chi connectivity index (χ3v) is 6.68. The number of carbonyl (C=O) groups excluding carboxylic acids is 2. The van der Waals surface area contributed by atoms with Crippen LogP contribution in [-0.4, -0.2) is 50.0 Å². The fraction of sp³-hybridized carbons (Fsp3) is 0.444. The van der Waals surface area contributed by atoms with Crippen LogP contribution in [-0.2, 0) is 19.4 Å². The number of likely N-dealkylation sites (tertiary alicyclic amines) is 1. The molecule has 2 amide bonds. The number of nitrogens with zero attached hydrogens (tertiary/aromatic N) is 1. The maximum atomic E-state index is 12.7. The second kappa shape index (κ2) is 8.29. The van der Waals surface area contributed by atoms with Crippen LogP contribution in [0.1, 0.15) is 24.8 Å². The van der Waals surface area contributed by atoms with Gasteiger partial charge in [0.1, 0.15) is 0 Å². The summed E-state index contributed by atoms with van der Waals surface area (Å²) < 4.78 is 25.4. The summed E-state index contributed by atoms with van der Waals surface area (Å²) in [5.74, 6) is -0.383. The van der Waals surface area contributed by atoms with Crippen LogP contribution in [0, 0.1) is 6.92 Å². The van der Waals surface area contributed by atoms with Gasteiger partial charge in [0.05, 0.1) is 10.1 Å². The number of rotatable bonds is 6. The minimum absolute atomic E-state index is 0.0736. The van der Waals surface area contributed by atoms with Crippen molar-refractivity contribution in [3.8, 4) is 0 Å². The SMILES string of the molecule is C=CC(=O)NCCC(=O)N1CCC(S(=O)(=O)c2ccc(C)cc2)CC1. The molecule has 2 rings (SSSR count). The molecule has 0 aromatic heterocycles. The Bertz CT molecular complexity index is 733. The quantitative estimate of drug-likeness (QED) is 0.775. The van der Waals surface area contributed by atoms with Crippen molar-refractivity contribution in [1.29, 1.82) is 0 Å². The summed E-state index contributed by atoms with van der Waals surface area (Å²) in [7, 11) is -3.37. The lowest BCUT2D eigenvalue weighted by Crippen LogP contribution is -2.43. The summed E-state index contributed by atoms with van der Waals surface area (Å²) in [6.45, 7) is 6.36. The fourth-order valence-electron chi connectivity index (χ4n) is 2.86. The van der Waals surface area contributed by atoms with Gasteiger partial charge in [-0.1, -0.05) is 24.3 Å². The number of sulfone groups is 1. The zero-order valence-corrected chi connectivity index (χ0v) is 15.2. The van der Waals surface area contributed by atoms with Gasteiger partial charge in [0.15, 0.2) is 9.84 Å². The molecule has 1 N–H and O–H groups in total. The van der Waals surface area contributed by atoms with Crippen LogP contribution in [0.25, 0.3) is 0 Å². The van der Waals surface area contributed by atoms with Gasteiger partial charge in [-0.05, 0) is 38.0 Å². The van der Waals surface area contributed by atoms with Gasteiger partial charge < -0.3 is 10.2 Å². The summed E-state index contributed by atoms with van der Waals surface area (Å²) in [4.78, 5) is 25.2. The predicted molar refractivity (Wildman–Crippen MR) is 95.8 cm³/mol. The molecule has 25 heavy (non-hydrogen) atoms. The Morgan fingerprint density at radius 2 is 1.84 bits per heavy atom. The smallest absolute Gasteiger partial charge is 0.243 e. The molecule has 1 heterocycles. The average molecular weight is 364 g/mol. The van der Waals surface area contributed by atoms with Gasteiger partial charge >= 0.3 is 0 Å². The Morgan fingerprint density at radius 3 is 2.40 bits per heavy atom. The van der Waals surface area contributed by atoms with Gasteiger partial charge in [-0.15, -0.1) is 0 Å². The number of carbonyl (C=O) groups is 2. The summed E-state index contributed by atoms with van der Waals surface area (Å²) in [6, 6.07) is 6.88. The molecular formula is C18H24N2O4S. The van der Waals surface area contributed by atoms with Crippen LogP contribution in [0.3, 0.4) is 0 Å². The first-order valence-corrected chi connectivity index (χ1v) is 9.88. The van der Waals surface area contributed by atoms with Crippen molar-refractivity contribution in [2.45, 2.75) is 36.3 Å². The number of nitrogens with one attached hydrogen (secondary N) is 1. The summed E-state index contributed by atoms with van der Waals surface area (Å²) in [5, 5.41) is 2.10. The number of piperidine rings is 1. The normalized spacial score (nSPS) is 15.6. The largest absolute Gasteiger partial charge is 0.352 e. The second-order valence-electron chi connectivity index (χ2n) is 6.18. The Morgan fingerprint density at radius 1 is 1.24 bits per heavy atom. The Balaban J connectivity index is 1.88. The summed E-state index contributed by atoms with van der Waals surface area (Å²) in [6.07, 6.45) is 2.22. The molecule has 136 valence electrons. The molecule has 0 saturated carbocycles. The van der Waals surface area contributed by atoms with Crippen molar-refractivity contribution < 1.29 is 18.0 Å². The third-order valence-electron chi connectivity index (χ3n) is 4.41. The lowest BCUT2D eigenvalue weighted by atomic mass is 10.1. The van der Waals surface area contributed by atoms with E-state index < -0.39 is 15.1 Å². The van der Waals surface area contributed by atoms with Crippen molar-refractivity contribution >= 4 is 21.7 Å². The van der Waals surface area contributed by atoms with Crippen molar-refractivity contribution in [1.82, 2.24) is 10.2 Å². The van der Waals surface area contributed by atoms with Gasteiger partial charge in [-0.2, -0.15) is 0 Å². The third kappa shape index (κ3) is 4.92. The van der Waals surface area contributed by atoms with E-state index in [0.29, 0.717) is 30.8 Å². The van der Waals surface area contributed by atoms with Crippen molar-refractivity contribution in [3.63, 3.8) is 0 Å². The number of aryl methyl sites for hydroxylation is 1. The standard InChI is InChI=1S/C18H24N2O4S/c1-3-17(21)19-11-8-18(22)20-12-9-16(10-13-20)25(23,24)15-6-4-14(2)5-7-15/h3-7,16H,1,8-13H2,2H3,(H,19,21). The molecule has 1 aromatic carbocycles. The minimum atomic E-state index is -3.37. The number of amides is 2. The topological polar surface area (TPSA) is 83.6 Å². The molecule has 1 saturated heterocycles. The summed E-state index contributed by atoms with van der Waals surface area (Å²) >= 11 is 0. The predicted octanol–water partition coefficient (Wildman–Crippen LogP) is 1.45. The highest BCUT2D eigenvalue weighted by Crippen LogP contribution is 2.25. The molecule has 1 fully saturated rings. The molecule has 0 aliphatic carbocycles. The van der Waals surface area contributed by atoms with Crippen LogP contribution >= 0.6 is 0 Å². The molecule has 0 radical (unpaired) electrons. The molecule has 0 unspecified atom stereocenters. The van der Waals surface area contributed by atoms with E-state index in [2.05, 4.69) is 11.9 Å². The van der Waals surface area contributed by atoms with E-state index in [1.165, 1.54) is 0 Å². The highest BCUT2D eigenvalue weighted by Gasteiger charge is 2.32. The first kappa shape index (κ1) is 19.2. The fourth-order valence-corrected chi connectivity index (χ4v) is 4.59. The Kier molecular flexibility index (Phi) is 6.36. The van der Waals surface area contributed by atoms with Crippen molar-refractivity contribution in [2.75, 3.05) is 19.6 Å². The lowest BCUT2D eigenvalue weighted by Gasteiger charge is -2.32. The number of hydrogen-bond acceptors (Lipinski definition) is 4. The van der Waals surface area contributed by atoms with Crippen LogP contribution in [0.15, 0.2) is 41.8 Å². The first-order valence-electron chi connectivity index (χ1n) is 8.33. The van der Waals surface area contributed by atoms with E-state index in [1.807, 2.05) is 6.92 Å². The van der Waals surface area contributed by atoms with Gasteiger partial charge in [-0.3, -0.25) is 9.59 Å². The minimum Gasteiger partial charge on any atom is -0.352 e. The molecule has 7 heteroatoms. The van der Waals surface area contributed by atoms with E-state index >= 15 is 0 Å².